The molecule has 3 rings (SSSR count). The predicted octanol–water partition coefficient (Wildman–Crippen LogP) is 2.15. The lowest BCUT2D eigenvalue weighted by Crippen LogP contribution is -2.32. The van der Waals surface area contributed by atoms with Crippen molar-refractivity contribution in [2.45, 2.75) is 25.5 Å². The molecule has 0 aliphatic carbocycles. The Morgan fingerprint density at radius 3 is 3.05 bits per heavy atom. The van der Waals surface area contributed by atoms with Crippen molar-refractivity contribution in [3.8, 4) is 5.75 Å². The lowest BCUT2D eigenvalue weighted by molar-refractivity contribution is 0.0696. The lowest BCUT2D eigenvalue weighted by Gasteiger charge is -2.32. The van der Waals surface area contributed by atoms with Gasteiger partial charge in [-0.25, -0.2) is 9.78 Å². The molecule has 98 valence electrons. The highest BCUT2D eigenvalue weighted by Gasteiger charge is 2.28. The average Bonchev–Trinajstić information content (AvgIpc) is 2.91. The van der Waals surface area contributed by atoms with Gasteiger partial charge in [0.2, 0.25) is 0 Å². The van der Waals surface area contributed by atoms with Crippen LogP contribution in [0.1, 0.15) is 28.9 Å². The van der Waals surface area contributed by atoms with Gasteiger partial charge in [0.1, 0.15) is 11.9 Å². The van der Waals surface area contributed by atoms with Gasteiger partial charge in [-0.15, -0.1) is 0 Å². The summed E-state index contributed by atoms with van der Waals surface area (Å²) in [5, 5.41) is 9.03. The SMILES string of the molecule is CC1Oc2ccc(C(=O)O)cc2CC1n1ccnc1. The van der Waals surface area contributed by atoms with E-state index in [1.807, 2.05) is 17.7 Å². The number of nitrogens with zero attached hydrogens (tertiary/aromatic N) is 2. The van der Waals surface area contributed by atoms with E-state index in [1.165, 1.54) is 0 Å². The van der Waals surface area contributed by atoms with Crippen LogP contribution in [0.3, 0.4) is 0 Å². The fraction of sp³-hybridized carbons (Fsp3) is 0.286. The van der Waals surface area contributed by atoms with Crippen LogP contribution in [0.2, 0.25) is 0 Å². The molecule has 1 aromatic carbocycles. The van der Waals surface area contributed by atoms with E-state index in [2.05, 4.69) is 4.98 Å². The smallest absolute Gasteiger partial charge is 0.335 e. The maximum absolute atomic E-state index is 11.0. The van der Waals surface area contributed by atoms with E-state index >= 15 is 0 Å². The molecule has 5 nitrogen and oxygen atoms in total. The van der Waals surface area contributed by atoms with Gasteiger partial charge in [-0.05, 0) is 30.7 Å². The van der Waals surface area contributed by atoms with Crippen molar-refractivity contribution in [1.29, 1.82) is 0 Å². The first-order chi connectivity index (χ1) is 9.15. The van der Waals surface area contributed by atoms with Crippen LogP contribution in [-0.2, 0) is 6.42 Å². The summed E-state index contributed by atoms with van der Waals surface area (Å²) in [5.74, 6) is -0.144. The second-order valence-corrected chi connectivity index (χ2v) is 4.73. The zero-order valence-corrected chi connectivity index (χ0v) is 10.5. The predicted molar refractivity (Wildman–Crippen MR) is 68.5 cm³/mol. The molecule has 0 saturated carbocycles. The number of aromatic carboxylic acids is 1. The van der Waals surface area contributed by atoms with Crippen molar-refractivity contribution in [2.75, 3.05) is 0 Å². The summed E-state index contributed by atoms with van der Waals surface area (Å²) >= 11 is 0. The van der Waals surface area contributed by atoms with Crippen LogP contribution >= 0.6 is 0 Å². The summed E-state index contributed by atoms with van der Waals surface area (Å²) in [6, 6.07) is 5.14. The molecule has 0 saturated heterocycles. The lowest BCUT2D eigenvalue weighted by atomic mass is 9.96. The third-order valence-electron chi connectivity index (χ3n) is 3.50. The first-order valence-corrected chi connectivity index (χ1v) is 6.15. The molecular formula is C14H14N2O3. The van der Waals surface area contributed by atoms with E-state index in [4.69, 9.17) is 9.84 Å². The van der Waals surface area contributed by atoms with Gasteiger partial charge >= 0.3 is 5.97 Å². The van der Waals surface area contributed by atoms with Gasteiger partial charge in [0.15, 0.2) is 0 Å². The van der Waals surface area contributed by atoms with Gasteiger partial charge < -0.3 is 14.4 Å². The van der Waals surface area contributed by atoms with Crippen molar-refractivity contribution >= 4 is 5.97 Å². The summed E-state index contributed by atoms with van der Waals surface area (Å²) in [7, 11) is 0. The van der Waals surface area contributed by atoms with Gasteiger partial charge in [-0.1, -0.05) is 0 Å². The second kappa shape index (κ2) is 4.42. The molecule has 0 bridgehead atoms. The van der Waals surface area contributed by atoms with Crippen LogP contribution in [-0.4, -0.2) is 26.7 Å². The number of fused-ring (bicyclic) bond motifs is 1. The number of rotatable bonds is 2. The van der Waals surface area contributed by atoms with Gasteiger partial charge in [-0.2, -0.15) is 0 Å². The normalized spacial score (nSPS) is 21.5. The molecule has 1 N–H and O–H groups in total. The number of benzene rings is 1. The van der Waals surface area contributed by atoms with E-state index in [0.29, 0.717) is 5.56 Å². The van der Waals surface area contributed by atoms with Gasteiger partial charge in [-0.3, -0.25) is 0 Å². The van der Waals surface area contributed by atoms with Crippen LogP contribution in [0, 0.1) is 0 Å². The number of hydrogen-bond donors (Lipinski definition) is 1. The zero-order chi connectivity index (χ0) is 13.4. The van der Waals surface area contributed by atoms with Crippen LogP contribution in [0.5, 0.6) is 5.75 Å². The van der Waals surface area contributed by atoms with Crippen LogP contribution < -0.4 is 4.74 Å². The van der Waals surface area contributed by atoms with Gasteiger partial charge in [0.05, 0.1) is 17.9 Å². The Morgan fingerprint density at radius 2 is 2.37 bits per heavy atom. The molecule has 0 amide bonds. The second-order valence-electron chi connectivity index (χ2n) is 4.73. The minimum atomic E-state index is -0.916. The molecule has 0 fully saturated rings. The Kier molecular flexibility index (Phi) is 2.74. The fourth-order valence-corrected chi connectivity index (χ4v) is 2.47. The third kappa shape index (κ3) is 2.07. The van der Waals surface area contributed by atoms with Gasteiger partial charge in [0, 0.05) is 18.8 Å². The minimum absolute atomic E-state index is 0.0254. The molecule has 2 heterocycles. The third-order valence-corrected chi connectivity index (χ3v) is 3.50. The number of hydrogen-bond acceptors (Lipinski definition) is 3. The Labute approximate surface area is 110 Å². The van der Waals surface area contributed by atoms with Crippen molar-refractivity contribution in [3.63, 3.8) is 0 Å². The monoisotopic (exact) mass is 258 g/mol. The van der Waals surface area contributed by atoms with Crippen LogP contribution in [0.25, 0.3) is 0 Å². The van der Waals surface area contributed by atoms with E-state index in [9.17, 15) is 4.79 Å². The molecule has 2 aromatic rings. The summed E-state index contributed by atoms with van der Waals surface area (Å²) in [6.07, 6.45) is 6.16. The number of carboxylic acids is 1. The van der Waals surface area contributed by atoms with E-state index in [-0.39, 0.29) is 12.1 Å². The molecule has 0 spiro atoms. The Hall–Kier alpha value is -2.30. The van der Waals surface area contributed by atoms with Crippen molar-refractivity contribution in [1.82, 2.24) is 9.55 Å². The molecular weight excluding hydrogens is 244 g/mol. The first-order valence-electron chi connectivity index (χ1n) is 6.15. The zero-order valence-electron chi connectivity index (χ0n) is 10.5. The molecule has 19 heavy (non-hydrogen) atoms. The standard InChI is InChI=1S/C14H14N2O3/c1-9-12(16-5-4-15-8-16)7-11-6-10(14(17)18)2-3-13(11)19-9/h2-6,8-9,12H,7H2,1H3,(H,17,18). The van der Waals surface area contributed by atoms with Crippen molar-refractivity contribution < 1.29 is 14.6 Å². The largest absolute Gasteiger partial charge is 0.488 e. The number of carboxylic acid groups (broad SMARTS) is 1. The molecule has 1 aliphatic rings. The number of ether oxygens (including phenoxy) is 1. The topological polar surface area (TPSA) is 64.3 Å². The Balaban J connectivity index is 1.96. The summed E-state index contributed by atoms with van der Waals surface area (Å²) in [4.78, 5) is 15.1. The Bertz CT molecular complexity index is 607. The van der Waals surface area contributed by atoms with Crippen molar-refractivity contribution in [3.05, 3.63) is 48.0 Å². The van der Waals surface area contributed by atoms with E-state index in [1.54, 1.807) is 30.7 Å². The Morgan fingerprint density at radius 1 is 1.53 bits per heavy atom. The first kappa shape index (κ1) is 11.8. The minimum Gasteiger partial charge on any atom is -0.488 e. The summed E-state index contributed by atoms with van der Waals surface area (Å²) in [6.45, 7) is 2.01. The maximum atomic E-state index is 11.0. The molecule has 2 atom stereocenters. The highest BCUT2D eigenvalue weighted by atomic mass is 16.5. The molecule has 0 radical (unpaired) electrons. The number of aromatic nitrogens is 2. The number of carbonyl (C=O) groups is 1. The fourth-order valence-electron chi connectivity index (χ4n) is 2.47. The van der Waals surface area contributed by atoms with Crippen molar-refractivity contribution in [2.24, 2.45) is 0 Å². The molecule has 1 aliphatic heterocycles. The molecule has 1 aromatic heterocycles. The summed E-state index contributed by atoms with van der Waals surface area (Å²) in [5.41, 5.74) is 1.22. The highest BCUT2D eigenvalue weighted by Crippen LogP contribution is 2.33. The van der Waals surface area contributed by atoms with Crippen LogP contribution in [0.15, 0.2) is 36.9 Å². The number of imidazole rings is 1. The summed E-state index contributed by atoms with van der Waals surface area (Å²) < 4.78 is 7.86. The maximum Gasteiger partial charge on any atom is 0.335 e. The average molecular weight is 258 g/mol. The van der Waals surface area contributed by atoms with Crippen LogP contribution in [0.4, 0.5) is 0 Å². The highest BCUT2D eigenvalue weighted by molar-refractivity contribution is 5.88. The van der Waals surface area contributed by atoms with Gasteiger partial charge in [0.25, 0.3) is 0 Å². The molecule has 5 heteroatoms. The molecule has 2 unspecified atom stereocenters. The van der Waals surface area contributed by atoms with E-state index in [0.717, 1.165) is 17.7 Å². The quantitative estimate of drug-likeness (QED) is 0.896. The van der Waals surface area contributed by atoms with E-state index < -0.39 is 5.97 Å².